The first-order valence-corrected chi connectivity index (χ1v) is 8.02. The molecule has 4 heteroatoms. The van der Waals surface area contributed by atoms with E-state index in [2.05, 4.69) is 27.8 Å². The summed E-state index contributed by atoms with van der Waals surface area (Å²) in [6, 6.07) is 12.4. The number of halogens is 2. The Bertz CT molecular complexity index is 836. The van der Waals surface area contributed by atoms with Gasteiger partial charge in [-0.25, -0.2) is 4.98 Å². The van der Waals surface area contributed by atoms with Crippen molar-refractivity contribution in [2.24, 2.45) is 0 Å². The highest BCUT2D eigenvalue weighted by Gasteiger charge is 2.15. The third-order valence-electron chi connectivity index (χ3n) is 4.15. The van der Waals surface area contributed by atoms with Gasteiger partial charge in [0.15, 0.2) is 0 Å². The predicted octanol–water partition coefficient (Wildman–Crippen LogP) is 4.91. The number of fused-ring (bicyclic) bond motifs is 2. The van der Waals surface area contributed by atoms with Gasteiger partial charge in [0.2, 0.25) is 0 Å². The lowest BCUT2D eigenvalue weighted by atomic mass is 10.1. The summed E-state index contributed by atoms with van der Waals surface area (Å²) in [5.74, 6) is 1.23. The minimum atomic E-state index is 0.378. The molecule has 1 heterocycles. The van der Waals surface area contributed by atoms with Crippen molar-refractivity contribution >= 4 is 34.2 Å². The van der Waals surface area contributed by atoms with Crippen molar-refractivity contribution in [2.45, 2.75) is 25.1 Å². The van der Waals surface area contributed by atoms with Crippen LogP contribution in [0.3, 0.4) is 0 Å². The molecule has 0 unspecified atom stereocenters. The molecule has 106 valence electrons. The molecular weight excluding hydrogens is 303 g/mol. The summed E-state index contributed by atoms with van der Waals surface area (Å²) in [4.78, 5) is 4.61. The standard InChI is InChI=1S/C17H14Cl2N2/c18-10-17-20-15-7-5-13(19)9-16(15)21(17)14-6-4-11-2-1-3-12(11)8-14/h4-9H,1-3,10H2. The number of aryl methyl sites for hydroxylation is 2. The van der Waals surface area contributed by atoms with Gasteiger partial charge in [0.05, 0.1) is 16.9 Å². The molecule has 0 spiro atoms. The first kappa shape index (κ1) is 13.2. The van der Waals surface area contributed by atoms with Crippen molar-refractivity contribution in [3.05, 3.63) is 58.4 Å². The Balaban J connectivity index is 1.98. The molecule has 4 rings (SSSR count). The number of rotatable bonds is 2. The first-order chi connectivity index (χ1) is 10.3. The van der Waals surface area contributed by atoms with E-state index in [0.717, 1.165) is 29.0 Å². The van der Waals surface area contributed by atoms with Crippen LogP contribution in [0.15, 0.2) is 36.4 Å². The van der Waals surface area contributed by atoms with Gasteiger partial charge in [0.25, 0.3) is 0 Å². The smallest absolute Gasteiger partial charge is 0.129 e. The highest BCUT2D eigenvalue weighted by Crippen LogP contribution is 2.29. The Morgan fingerprint density at radius 3 is 2.76 bits per heavy atom. The van der Waals surface area contributed by atoms with Gasteiger partial charge in [-0.15, -0.1) is 11.6 Å². The predicted molar refractivity (Wildman–Crippen MR) is 87.7 cm³/mol. The molecule has 0 saturated carbocycles. The van der Waals surface area contributed by atoms with Crippen LogP contribution in [0.5, 0.6) is 0 Å². The molecule has 1 aliphatic rings. The normalized spacial score (nSPS) is 13.8. The van der Waals surface area contributed by atoms with Gasteiger partial charge in [-0.1, -0.05) is 17.7 Å². The Kier molecular flexibility index (Phi) is 3.16. The van der Waals surface area contributed by atoms with Crippen LogP contribution in [0, 0.1) is 0 Å². The second kappa shape index (κ2) is 5.04. The SMILES string of the molecule is ClCc1nc2ccc(Cl)cc2n1-c1ccc2c(c1)CCC2. The fourth-order valence-electron chi connectivity index (χ4n) is 3.17. The van der Waals surface area contributed by atoms with Crippen LogP contribution in [-0.4, -0.2) is 9.55 Å². The van der Waals surface area contributed by atoms with Gasteiger partial charge in [0.1, 0.15) is 5.82 Å². The largest absolute Gasteiger partial charge is 0.295 e. The maximum atomic E-state index is 6.15. The zero-order valence-corrected chi connectivity index (χ0v) is 13.0. The zero-order chi connectivity index (χ0) is 14.4. The summed E-state index contributed by atoms with van der Waals surface area (Å²) < 4.78 is 2.12. The van der Waals surface area contributed by atoms with Crippen LogP contribution in [0.25, 0.3) is 16.7 Å². The molecule has 0 N–H and O–H groups in total. The van der Waals surface area contributed by atoms with Crippen molar-refractivity contribution in [1.82, 2.24) is 9.55 Å². The van der Waals surface area contributed by atoms with Gasteiger partial charge >= 0.3 is 0 Å². The van der Waals surface area contributed by atoms with Crippen LogP contribution in [0.2, 0.25) is 5.02 Å². The number of hydrogen-bond acceptors (Lipinski definition) is 1. The average molecular weight is 317 g/mol. The summed E-state index contributed by atoms with van der Waals surface area (Å²) in [7, 11) is 0. The summed E-state index contributed by atoms with van der Waals surface area (Å²) in [6.45, 7) is 0. The molecule has 0 aliphatic heterocycles. The molecular formula is C17H14Cl2N2. The topological polar surface area (TPSA) is 17.8 Å². The van der Waals surface area contributed by atoms with Crippen molar-refractivity contribution in [2.75, 3.05) is 0 Å². The van der Waals surface area contributed by atoms with E-state index in [4.69, 9.17) is 23.2 Å². The summed E-state index contributed by atoms with van der Waals surface area (Å²) >= 11 is 12.2. The van der Waals surface area contributed by atoms with E-state index in [1.54, 1.807) is 0 Å². The molecule has 0 bridgehead atoms. The summed E-state index contributed by atoms with van der Waals surface area (Å²) in [6.07, 6.45) is 3.60. The third-order valence-corrected chi connectivity index (χ3v) is 4.62. The van der Waals surface area contributed by atoms with Crippen molar-refractivity contribution in [3.63, 3.8) is 0 Å². The molecule has 0 atom stereocenters. The highest BCUT2D eigenvalue weighted by atomic mass is 35.5. The lowest BCUT2D eigenvalue weighted by Gasteiger charge is -2.10. The molecule has 21 heavy (non-hydrogen) atoms. The molecule has 0 fully saturated rings. The van der Waals surface area contributed by atoms with Crippen molar-refractivity contribution in [1.29, 1.82) is 0 Å². The zero-order valence-electron chi connectivity index (χ0n) is 11.4. The highest BCUT2D eigenvalue weighted by molar-refractivity contribution is 6.31. The maximum Gasteiger partial charge on any atom is 0.129 e. The Labute approximate surface area is 133 Å². The number of alkyl halides is 1. The van der Waals surface area contributed by atoms with Crippen LogP contribution >= 0.6 is 23.2 Å². The number of aromatic nitrogens is 2. The number of hydrogen-bond donors (Lipinski definition) is 0. The van der Waals surface area contributed by atoms with Gasteiger partial charge in [-0.2, -0.15) is 0 Å². The van der Waals surface area contributed by atoms with Crippen molar-refractivity contribution in [3.8, 4) is 5.69 Å². The van der Waals surface area contributed by atoms with E-state index in [1.807, 2.05) is 18.2 Å². The van der Waals surface area contributed by atoms with E-state index < -0.39 is 0 Å². The Morgan fingerprint density at radius 1 is 1.05 bits per heavy atom. The average Bonchev–Trinajstić information content (AvgIpc) is 3.09. The lowest BCUT2D eigenvalue weighted by molar-refractivity contribution is 0.911. The van der Waals surface area contributed by atoms with Gasteiger partial charge in [-0.05, 0) is 60.7 Å². The Hall–Kier alpha value is -1.51. The molecule has 2 aromatic carbocycles. The second-order valence-corrected chi connectivity index (χ2v) is 6.14. The lowest BCUT2D eigenvalue weighted by Crippen LogP contribution is -2.00. The van der Waals surface area contributed by atoms with Crippen LogP contribution in [0.4, 0.5) is 0 Å². The monoisotopic (exact) mass is 316 g/mol. The fraction of sp³-hybridized carbons (Fsp3) is 0.235. The first-order valence-electron chi connectivity index (χ1n) is 7.11. The van der Waals surface area contributed by atoms with Gasteiger partial charge in [0, 0.05) is 10.7 Å². The summed E-state index contributed by atoms with van der Waals surface area (Å²) in [5, 5.41) is 0.714. The molecule has 1 aromatic heterocycles. The molecule has 0 saturated heterocycles. The van der Waals surface area contributed by atoms with Crippen molar-refractivity contribution < 1.29 is 0 Å². The molecule has 1 aliphatic carbocycles. The second-order valence-electron chi connectivity index (χ2n) is 5.44. The van der Waals surface area contributed by atoms with Gasteiger partial charge in [-0.3, -0.25) is 4.57 Å². The summed E-state index contributed by atoms with van der Waals surface area (Å²) in [5.41, 5.74) is 5.97. The van der Waals surface area contributed by atoms with Crippen LogP contribution in [0.1, 0.15) is 23.4 Å². The quantitative estimate of drug-likeness (QED) is 0.614. The molecule has 0 radical (unpaired) electrons. The fourth-order valence-corrected chi connectivity index (χ4v) is 3.52. The third kappa shape index (κ3) is 2.14. The van der Waals surface area contributed by atoms with Crippen LogP contribution in [-0.2, 0) is 18.7 Å². The number of benzene rings is 2. The minimum absolute atomic E-state index is 0.378. The van der Waals surface area contributed by atoms with E-state index in [1.165, 1.54) is 24.0 Å². The molecule has 3 aromatic rings. The molecule has 2 nitrogen and oxygen atoms in total. The number of imidazole rings is 1. The number of nitrogens with zero attached hydrogens (tertiary/aromatic N) is 2. The van der Waals surface area contributed by atoms with E-state index in [0.29, 0.717) is 10.9 Å². The van der Waals surface area contributed by atoms with Crippen LogP contribution < -0.4 is 0 Å². The van der Waals surface area contributed by atoms with E-state index in [-0.39, 0.29) is 0 Å². The molecule has 0 amide bonds. The van der Waals surface area contributed by atoms with E-state index in [9.17, 15) is 0 Å². The van der Waals surface area contributed by atoms with E-state index >= 15 is 0 Å². The maximum absolute atomic E-state index is 6.15. The minimum Gasteiger partial charge on any atom is -0.295 e. The van der Waals surface area contributed by atoms with Gasteiger partial charge < -0.3 is 0 Å². The Morgan fingerprint density at radius 2 is 1.90 bits per heavy atom.